The third-order valence-corrected chi connectivity index (χ3v) is 2.68. The van der Waals surface area contributed by atoms with Crippen LogP contribution in [0.2, 0.25) is 0 Å². The summed E-state index contributed by atoms with van der Waals surface area (Å²) in [4.78, 5) is 10.9. The van der Waals surface area contributed by atoms with E-state index in [2.05, 4.69) is 0 Å². The predicted molar refractivity (Wildman–Crippen MR) is 69.5 cm³/mol. The molecule has 0 aliphatic heterocycles. The Morgan fingerprint density at radius 1 is 1.40 bits per heavy atom. The number of ether oxygens (including phenoxy) is 2. The lowest BCUT2D eigenvalue weighted by atomic mass is 10.0. The van der Waals surface area contributed by atoms with Crippen molar-refractivity contribution in [3.05, 3.63) is 35.9 Å². The Hall–Kier alpha value is -2.09. The van der Waals surface area contributed by atoms with Gasteiger partial charge in [-0.15, -0.1) is 0 Å². The largest absolute Gasteiger partial charge is 0.504 e. The maximum atomic E-state index is 10.9. The number of carbonyl (C=O) groups excluding carboxylic acids is 1. The number of aliphatic hydroxyl groups excluding tert-OH is 1. The van der Waals surface area contributed by atoms with Crippen LogP contribution in [0.3, 0.4) is 0 Å². The van der Waals surface area contributed by atoms with E-state index in [1.807, 2.05) is 0 Å². The van der Waals surface area contributed by atoms with Gasteiger partial charge in [0.15, 0.2) is 11.5 Å². The number of phenolic OH excluding ortho intramolecular Hbond substituents is 1. The Morgan fingerprint density at radius 3 is 2.60 bits per heavy atom. The van der Waals surface area contributed by atoms with Crippen LogP contribution in [0.25, 0.3) is 0 Å². The molecule has 7 heteroatoms. The van der Waals surface area contributed by atoms with Crippen LogP contribution in [0.15, 0.2) is 30.4 Å². The second-order valence-corrected chi connectivity index (χ2v) is 3.91. The van der Waals surface area contributed by atoms with Gasteiger partial charge in [-0.2, -0.15) is 0 Å². The number of methoxy groups -OCH3 is 2. The number of hydrogen-bond acceptors (Lipinski definition) is 6. The lowest BCUT2D eigenvalue weighted by Crippen LogP contribution is -2.21. The minimum atomic E-state index is -1.10. The van der Waals surface area contributed by atoms with Crippen LogP contribution in [0.5, 0.6) is 11.5 Å². The summed E-state index contributed by atoms with van der Waals surface area (Å²) in [6.45, 7) is 0. The maximum Gasteiger partial charge on any atom is 0.267 e. The van der Waals surface area contributed by atoms with Crippen molar-refractivity contribution in [2.45, 2.75) is 12.2 Å². The number of hydrogen-bond donors (Lipinski definition) is 4. The molecule has 2 atom stereocenters. The molecule has 4 N–H and O–H groups in total. The molecule has 0 spiro atoms. The van der Waals surface area contributed by atoms with Crippen LogP contribution >= 0.6 is 0 Å². The van der Waals surface area contributed by atoms with Crippen molar-refractivity contribution in [2.24, 2.45) is 0 Å². The van der Waals surface area contributed by atoms with E-state index in [0.717, 1.165) is 6.08 Å². The summed E-state index contributed by atoms with van der Waals surface area (Å²) >= 11 is 0. The number of hydroxylamine groups is 1. The Bertz CT molecular complexity index is 488. The summed E-state index contributed by atoms with van der Waals surface area (Å²) < 4.78 is 9.95. The smallest absolute Gasteiger partial charge is 0.267 e. The first-order valence-electron chi connectivity index (χ1n) is 5.73. The molecule has 20 heavy (non-hydrogen) atoms. The molecule has 1 rings (SSSR count). The molecule has 0 saturated carbocycles. The van der Waals surface area contributed by atoms with E-state index in [1.54, 1.807) is 6.07 Å². The minimum absolute atomic E-state index is 0.115. The number of carbonyl (C=O) groups is 1. The quantitative estimate of drug-likeness (QED) is 0.344. The molecular formula is C13H17NO6. The summed E-state index contributed by atoms with van der Waals surface area (Å²) in [5.41, 5.74) is 1.82. The zero-order valence-corrected chi connectivity index (χ0v) is 11.1. The molecule has 0 aliphatic rings. The summed E-state index contributed by atoms with van der Waals surface area (Å²) in [6, 6.07) is 4.41. The molecule has 7 nitrogen and oxygen atoms in total. The first-order chi connectivity index (χ1) is 9.53. The average molecular weight is 283 g/mol. The van der Waals surface area contributed by atoms with E-state index in [9.17, 15) is 15.0 Å². The van der Waals surface area contributed by atoms with Gasteiger partial charge in [0.25, 0.3) is 5.91 Å². The van der Waals surface area contributed by atoms with Gasteiger partial charge in [0.05, 0.1) is 7.11 Å². The Labute approximate surface area is 116 Å². The zero-order valence-electron chi connectivity index (χ0n) is 11.1. The van der Waals surface area contributed by atoms with Crippen molar-refractivity contribution in [2.75, 3.05) is 14.2 Å². The number of benzene rings is 1. The molecular weight excluding hydrogens is 266 g/mol. The van der Waals surface area contributed by atoms with E-state index in [-0.39, 0.29) is 11.5 Å². The second kappa shape index (κ2) is 7.49. The third-order valence-electron chi connectivity index (χ3n) is 2.68. The van der Waals surface area contributed by atoms with Crippen LogP contribution in [-0.4, -0.2) is 41.7 Å². The Kier molecular flexibility index (Phi) is 5.98. The third kappa shape index (κ3) is 3.95. The molecule has 0 aliphatic carbocycles. The van der Waals surface area contributed by atoms with Gasteiger partial charge >= 0.3 is 0 Å². The lowest BCUT2D eigenvalue weighted by Gasteiger charge is -2.19. The van der Waals surface area contributed by atoms with Crippen LogP contribution in [-0.2, 0) is 9.53 Å². The SMILES string of the molecule is COc1ccc([C@H](O)[C@H](/C=C/C(=O)NO)OC)cc1O. The van der Waals surface area contributed by atoms with Gasteiger partial charge in [0.2, 0.25) is 0 Å². The maximum absolute atomic E-state index is 10.9. The molecule has 1 aromatic carbocycles. The Balaban J connectivity index is 2.90. The highest BCUT2D eigenvalue weighted by Gasteiger charge is 2.19. The summed E-state index contributed by atoms with van der Waals surface area (Å²) in [7, 11) is 2.78. The van der Waals surface area contributed by atoms with Gasteiger partial charge in [0, 0.05) is 13.2 Å². The Morgan fingerprint density at radius 2 is 2.10 bits per heavy atom. The van der Waals surface area contributed by atoms with E-state index >= 15 is 0 Å². The molecule has 0 fully saturated rings. The fraction of sp³-hybridized carbons (Fsp3) is 0.308. The van der Waals surface area contributed by atoms with Crippen molar-refractivity contribution in [1.82, 2.24) is 5.48 Å². The second-order valence-electron chi connectivity index (χ2n) is 3.91. The fourth-order valence-electron chi connectivity index (χ4n) is 1.61. The van der Waals surface area contributed by atoms with Crippen molar-refractivity contribution in [3.8, 4) is 11.5 Å². The monoisotopic (exact) mass is 283 g/mol. The number of nitrogens with one attached hydrogen (secondary N) is 1. The molecule has 0 heterocycles. The highest BCUT2D eigenvalue weighted by molar-refractivity contribution is 5.86. The molecule has 0 bridgehead atoms. The number of rotatable bonds is 6. The van der Waals surface area contributed by atoms with Crippen LogP contribution in [0.4, 0.5) is 0 Å². The highest BCUT2D eigenvalue weighted by atomic mass is 16.5. The highest BCUT2D eigenvalue weighted by Crippen LogP contribution is 2.30. The number of amides is 1. The van der Waals surface area contributed by atoms with Crippen molar-refractivity contribution in [1.29, 1.82) is 0 Å². The number of aromatic hydroxyl groups is 1. The van der Waals surface area contributed by atoms with Crippen LogP contribution in [0, 0.1) is 0 Å². The van der Waals surface area contributed by atoms with Crippen LogP contribution < -0.4 is 10.2 Å². The van der Waals surface area contributed by atoms with Gasteiger partial charge in [-0.25, -0.2) is 5.48 Å². The predicted octanol–water partition coefficient (Wildman–Crippen LogP) is 0.511. The standard InChI is InChI=1S/C13H17NO6/c1-19-10-4-3-8(7-9(10)15)13(17)11(20-2)5-6-12(16)14-18/h3-7,11,13,15,17-18H,1-2H3,(H,14,16)/b6-5+/t11-,13-/m0/s1. The zero-order chi connectivity index (χ0) is 15.1. The first kappa shape index (κ1) is 16.0. The van der Waals surface area contributed by atoms with Gasteiger partial charge < -0.3 is 19.7 Å². The fourth-order valence-corrected chi connectivity index (χ4v) is 1.61. The van der Waals surface area contributed by atoms with Crippen molar-refractivity contribution in [3.63, 3.8) is 0 Å². The molecule has 0 radical (unpaired) electrons. The summed E-state index contributed by atoms with van der Waals surface area (Å²) in [5.74, 6) is -0.571. The van der Waals surface area contributed by atoms with Gasteiger partial charge in [-0.1, -0.05) is 6.07 Å². The summed E-state index contributed by atoms with van der Waals surface area (Å²) in [5, 5.41) is 28.2. The lowest BCUT2D eigenvalue weighted by molar-refractivity contribution is -0.124. The number of aliphatic hydroxyl groups is 1. The van der Waals surface area contributed by atoms with Gasteiger partial charge in [-0.05, 0) is 23.8 Å². The summed E-state index contributed by atoms with van der Waals surface area (Å²) in [6.07, 6.45) is 0.401. The molecule has 0 unspecified atom stereocenters. The normalized spacial score (nSPS) is 14.0. The van der Waals surface area contributed by atoms with E-state index in [0.29, 0.717) is 5.56 Å². The number of phenols is 1. The molecule has 1 amide bonds. The molecule has 110 valence electrons. The van der Waals surface area contributed by atoms with E-state index in [1.165, 1.54) is 37.9 Å². The molecule has 1 aromatic rings. The minimum Gasteiger partial charge on any atom is -0.504 e. The van der Waals surface area contributed by atoms with E-state index < -0.39 is 18.1 Å². The molecule has 0 aromatic heterocycles. The molecule has 0 saturated heterocycles. The topological polar surface area (TPSA) is 108 Å². The van der Waals surface area contributed by atoms with Gasteiger partial charge in [0.1, 0.15) is 12.2 Å². The van der Waals surface area contributed by atoms with Crippen molar-refractivity contribution < 1.29 is 29.7 Å². The van der Waals surface area contributed by atoms with E-state index in [4.69, 9.17) is 14.7 Å². The van der Waals surface area contributed by atoms with Gasteiger partial charge in [-0.3, -0.25) is 10.0 Å². The first-order valence-corrected chi connectivity index (χ1v) is 5.73. The van der Waals surface area contributed by atoms with Crippen LogP contribution in [0.1, 0.15) is 11.7 Å². The average Bonchev–Trinajstić information content (AvgIpc) is 2.47. The van der Waals surface area contributed by atoms with Crippen molar-refractivity contribution >= 4 is 5.91 Å².